The first-order chi connectivity index (χ1) is 10.7. The Balaban J connectivity index is 1.70. The molecular weight excluding hydrogens is 278 g/mol. The van der Waals surface area contributed by atoms with Gasteiger partial charge in [0.1, 0.15) is 11.9 Å². The fourth-order valence-corrected chi connectivity index (χ4v) is 2.74. The molecule has 6 heteroatoms. The second kappa shape index (κ2) is 6.46. The van der Waals surface area contributed by atoms with Crippen molar-refractivity contribution >= 4 is 5.82 Å². The van der Waals surface area contributed by atoms with Gasteiger partial charge in [-0.2, -0.15) is 5.10 Å². The predicted molar refractivity (Wildman–Crippen MR) is 85.7 cm³/mol. The summed E-state index contributed by atoms with van der Waals surface area (Å²) in [4.78, 5) is 7.01. The molecule has 118 valence electrons. The van der Waals surface area contributed by atoms with Gasteiger partial charge in [0.25, 0.3) is 0 Å². The highest BCUT2D eigenvalue weighted by Gasteiger charge is 2.24. The monoisotopic (exact) mass is 301 g/mol. The summed E-state index contributed by atoms with van der Waals surface area (Å²) in [6, 6.07) is 6.01. The zero-order valence-electron chi connectivity index (χ0n) is 13.4. The van der Waals surface area contributed by atoms with Crippen molar-refractivity contribution in [3.05, 3.63) is 41.3 Å². The number of hydrogen-bond acceptors (Lipinski definition) is 5. The van der Waals surface area contributed by atoms with Gasteiger partial charge in [-0.1, -0.05) is 6.07 Å². The Morgan fingerprint density at radius 3 is 3.00 bits per heavy atom. The SMILES string of the molecule is CNc1cccc(C2CN(Cc3cnn(C)c3C)CCO2)n1. The maximum absolute atomic E-state index is 5.91. The topological polar surface area (TPSA) is 55.2 Å². The third-order valence-electron chi connectivity index (χ3n) is 4.24. The molecule has 0 radical (unpaired) electrons. The van der Waals surface area contributed by atoms with Crippen LogP contribution in [0.1, 0.15) is 23.1 Å². The number of nitrogens with zero attached hydrogens (tertiary/aromatic N) is 4. The van der Waals surface area contributed by atoms with Crippen molar-refractivity contribution in [1.29, 1.82) is 0 Å². The molecule has 2 aromatic heterocycles. The molecule has 2 aromatic rings. The van der Waals surface area contributed by atoms with E-state index in [1.807, 2.05) is 43.2 Å². The Kier molecular flexibility index (Phi) is 4.40. The van der Waals surface area contributed by atoms with Crippen LogP contribution in [-0.4, -0.2) is 46.4 Å². The van der Waals surface area contributed by atoms with Crippen LogP contribution in [0, 0.1) is 6.92 Å². The van der Waals surface area contributed by atoms with E-state index in [9.17, 15) is 0 Å². The minimum atomic E-state index is 0.0269. The molecule has 3 heterocycles. The molecule has 22 heavy (non-hydrogen) atoms. The van der Waals surface area contributed by atoms with Crippen LogP contribution in [0.3, 0.4) is 0 Å². The van der Waals surface area contributed by atoms with Crippen molar-refractivity contribution in [2.75, 3.05) is 32.1 Å². The molecule has 0 aromatic carbocycles. The van der Waals surface area contributed by atoms with Gasteiger partial charge < -0.3 is 10.1 Å². The maximum atomic E-state index is 5.91. The van der Waals surface area contributed by atoms with Crippen LogP contribution in [0.5, 0.6) is 0 Å². The molecular formula is C16H23N5O. The Labute approximate surface area is 131 Å². The van der Waals surface area contributed by atoms with Gasteiger partial charge in [0.15, 0.2) is 0 Å². The van der Waals surface area contributed by atoms with E-state index in [4.69, 9.17) is 4.74 Å². The Bertz CT molecular complexity index is 639. The largest absolute Gasteiger partial charge is 0.373 e. The molecule has 1 saturated heterocycles. The number of anilines is 1. The molecule has 1 unspecified atom stereocenters. The van der Waals surface area contributed by atoms with Crippen molar-refractivity contribution in [1.82, 2.24) is 19.7 Å². The van der Waals surface area contributed by atoms with Crippen LogP contribution in [0.4, 0.5) is 5.82 Å². The fraction of sp³-hybridized carbons (Fsp3) is 0.500. The number of aryl methyl sites for hydroxylation is 1. The van der Waals surface area contributed by atoms with Crippen LogP contribution < -0.4 is 5.32 Å². The van der Waals surface area contributed by atoms with Crippen molar-refractivity contribution in [2.45, 2.75) is 19.6 Å². The summed E-state index contributed by atoms with van der Waals surface area (Å²) < 4.78 is 7.84. The molecule has 1 fully saturated rings. The highest BCUT2D eigenvalue weighted by Crippen LogP contribution is 2.23. The first-order valence-corrected chi connectivity index (χ1v) is 7.63. The molecule has 0 aliphatic carbocycles. The van der Waals surface area contributed by atoms with Crippen molar-refractivity contribution in [3.8, 4) is 0 Å². The average molecular weight is 301 g/mol. The molecule has 6 nitrogen and oxygen atoms in total. The lowest BCUT2D eigenvalue weighted by Crippen LogP contribution is -2.38. The number of hydrogen-bond donors (Lipinski definition) is 1. The minimum Gasteiger partial charge on any atom is -0.373 e. The Morgan fingerprint density at radius 1 is 1.41 bits per heavy atom. The van der Waals surface area contributed by atoms with Gasteiger partial charge in [0.2, 0.25) is 0 Å². The molecule has 1 aliphatic heterocycles. The third kappa shape index (κ3) is 3.13. The van der Waals surface area contributed by atoms with E-state index >= 15 is 0 Å². The van der Waals surface area contributed by atoms with Gasteiger partial charge in [-0.15, -0.1) is 0 Å². The lowest BCUT2D eigenvalue weighted by Gasteiger charge is -2.32. The van der Waals surface area contributed by atoms with Crippen molar-refractivity contribution in [3.63, 3.8) is 0 Å². The molecule has 1 N–H and O–H groups in total. The average Bonchev–Trinajstić information content (AvgIpc) is 2.87. The van der Waals surface area contributed by atoms with Gasteiger partial charge in [0, 0.05) is 45.0 Å². The molecule has 0 saturated carbocycles. The first kappa shape index (κ1) is 15.0. The zero-order valence-corrected chi connectivity index (χ0v) is 13.4. The summed E-state index contributed by atoms with van der Waals surface area (Å²) in [5.74, 6) is 0.876. The van der Waals surface area contributed by atoms with E-state index in [0.29, 0.717) is 0 Å². The summed E-state index contributed by atoms with van der Waals surface area (Å²) in [5, 5.41) is 7.40. The molecule has 0 spiro atoms. The van der Waals surface area contributed by atoms with Crippen LogP contribution in [0.2, 0.25) is 0 Å². The summed E-state index contributed by atoms with van der Waals surface area (Å²) in [7, 11) is 3.86. The summed E-state index contributed by atoms with van der Waals surface area (Å²) in [6.45, 7) is 5.55. The number of morpholine rings is 1. The highest BCUT2D eigenvalue weighted by molar-refractivity contribution is 5.34. The lowest BCUT2D eigenvalue weighted by molar-refractivity contribution is -0.0349. The quantitative estimate of drug-likeness (QED) is 0.932. The lowest BCUT2D eigenvalue weighted by atomic mass is 10.1. The standard InChI is InChI=1S/C16H23N5O/c1-12-13(9-18-20(12)3)10-21-7-8-22-15(11-21)14-5-4-6-16(17-2)19-14/h4-6,9,15H,7-8,10-11H2,1-3H3,(H,17,19). The van der Waals surface area contributed by atoms with E-state index in [1.54, 1.807) is 0 Å². The minimum absolute atomic E-state index is 0.0269. The van der Waals surface area contributed by atoms with Gasteiger partial charge >= 0.3 is 0 Å². The molecule has 0 bridgehead atoms. The highest BCUT2D eigenvalue weighted by atomic mass is 16.5. The second-order valence-electron chi connectivity index (χ2n) is 5.67. The van der Waals surface area contributed by atoms with E-state index in [-0.39, 0.29) is 6.10 Å². The number of aromatic nitrogens is 3. The first-order valence-electron chi connectivity index (χ1n) is 7.63. The normalized spacial score (nSPS) is 19.3. The smallest absolute Gasteiger partial charge is 0.126 e. The Morgan fingerprint density at radius 2 is 2.27 bits per heavy atom. The predicted octanol–water partition coefficient (Wildman–Crippen LogP) is 1.74. The summed E-state index contributed by atoms with van der Waals surface area (Å²) >= 11 is 0. The van der Waals surface area contributed by atoms with E-state index in [1.165, 1.54) is 11.3 Å². The molecule has 1 atom stereocenters. The van der Waals surface area contributed by atoms with Gasteiger partial charge in [-0.05, 0) is 19.1 Å². The second-order valence-corrected chi connectivity index (χ2v) is 5.67. The van der Waals surface area contributed by atoms with Crippen LogP contribution in [-0.2, 0) is 18.3 Å². The van der Waals surface area contributed by atoms with Crippen molar-refractivity contribution in [2.24, 2.45) is 7.05 Å². The maximum Gasteiger partial charge on any atom is 0.126 e. The Hall–Kier alpha value is -1.92. The summed E-state index contributed by atoms with van der Waals surface area (Å²) in [6.07, 6.45) is 1.98. The fourth-order valence-electron chi connectivity index (χ4n) is 2.74. The number of rotatable bonds is 4. The number of pyridine rings is 1. The molecule has 0 amide bonds. The van der Waals surface area contributed by atoms with E-state index in [2.05, 4.69) is 27.2 Å². The molecule has 3 rings (SSSR count). The van der Waals surface area contributed by atoms with E-state index in [0.717, 1.165) is 37.8 Å². The molecule has 1 aliphatic rings. The van der Waals surface area contributed by atoms with E-state index < -0.39 is 0 Å². The number of ether oxygens (including phenoxy) is 1. The number of nitrogens with one attached hydrogen (secondary N) is 1. The van der Waals surface area contributed by atoms with Gasteiger partial charge in [-0.3, -0.25) is 9.58 Å². The third-order valence-corrected chi connectivity index (χ3v) is 4.24. The van der Waals surface area contributed by atoms with Crippen LogP contribution in [0.25, 0.3) is 0 Å². The zero-order chi connectivity index (χ0) is 15.5. The van der Waals surface area contributed by atoms with Crippen molar-refractivity contribution < 1.29 is 4.74 Å². The summed E-state index contributed by atoms with van der Waals surface area (Å²) in [5.41, 5.74) is 3.48. The van der Waals surface area contributed by atoms with Crippen LogP contribution in [0.15, 0.2) is 24.4 Å². The van der Waals surface area contributed by atoms with Crippen LogP contribution >= 0.6 is 0 Å². The van der Waals surface area contributed by atoms with Gasteiger partial charge in [-0.25, -0.2) is 4.98 Å². The van der Waals surface area contributed by atoms with Gasteiger partial charge in [0.05, 0.1) is 18.5 Å².